The van der Waals surface area contributed by atoms with Gasteiger partial charge in [0.15, 0.2) is 17.3 Å². The summed E-state index contributed by atoms with van der Waals surface area (Å²) in [7, 11) is 1.49. The summed E-state index contributed by atoms with van der Waals surface area (Å²) < 4.78 is 13.2. The van der Waals surface area contributed by atoms with Crippen LogP contribution in [-0.4, -0.2) is 29.0 Å². The second-order valence-electron chi connectivity index (χ2n) is 8.49. The van der Waals surface area contributed by atoms with Crippen LogP contribution in [-0.2, 0) is 0 Å². The molecule has 1 aromatic heterocycles. The van der Waals surface area contributed by atoms with E-state index in [0.29, 0.717) is 33.6 Å². The molecular formula is C30H22BrN3O4. The van der Waals surface area contributed by atoms with Crippen molar-refractivity contribution in [3.8, 4) is 22.9 Å². The summed E-state index contributed by atoms with van der Waals surface area (Å²) >= 11 is 3.44. The fourth-order valence-electron chi connectivity index (χ4n) is 3.84. The maximum atomic E-state index is 13.4. The van der Waals surface area contributed by atoms with E-state index in [9.17, 15) is 9.59 Å². The Kier molecular flexibility index (Phi) is 7.15. The minimum absolute atomic E-state index is 0.273. The van der Waals surface area contributed by atoms with Gasteiger partial charge in [-0.1, -0.05) is 57.9 Å². The van der Waals surface area contributed by atoms with Crippen LogP contribution in [0, 0.1) is 6.92 Å². The number of para-hydroxylation sites is 1. The highest BCUT2D eigenvalue weighted by Crippen LogP contribution is 2.29. The number of halogens is 1. The molecule has 0 amide bonds. The molecule has 0 fully saturated rings. The molecule has 7 nitrogen and oxygen atoms in total. The molecule has 0 saturated heterocycles. The Hall–Kier alpha value is -4.56. The van der Waals surface area contributed by atoms with E-state index in [2.05, 4.69) is 21.0 Å². The standard InChI is InChI=1S/C30H22BrN3O4/c1-19-7-10-22(11-8-19)30(36)38-26-16-9-20(17-27(26)37-2)18-32-34-28(21-12-14-23(31)15-13-21)33-25-6-4-3-5-24(25)29(34)35/h3-18H,1-2H3. The number of esters is 1. The number of ether oxygens (including phenoxy) is 2. The molecule has 1 heterocycles. The van der Waals surface area contributed by atoms with Crippen molar-refractivity contribution in [1.29, 1.82) is 0 Å². The molecule has 0 saturated carbocycles. The smallest absolute Gasteiger partial charge is 0.343 e. The number of methoxy groups -OCH3 is 1. The molecule has 188 valence electrons. The molecule has 0 aliphatic heterocycles. The van der Waals surface area contributed by atoms with Gasteiger partial charge in [0.1, 0.15) is 0 Å². The number of carbonyl (C=O) groups is 1. The molecule has 4 aromatic carbocycles. The van der Waals surface area contributed by atoms with Gasteiger partial charge in [-0.3, -0.25) is 4.79 Å². The van der Waals surface area contributed by atoms with Gasteiger partial charge in [-0.05, 0) is 67.1 Å². The van der Waals surface area contributed by atoms with E-state index >= 15 is 0 Å². The van der Waals surface area contributed by atoms with E-state index in [1.54, 1.807) is 48.5 Å². The third-order valence-corrected chi connectivity index (χ3v) is 6.38. The van der Waals surface area contributed by atoms with Crippen LogP contribution in [0.25, 0.3) is 22.3 Å². The molecule has 0 radical (unpaired) electrons. The zero-order valence-electron chi connectivity index (χ0n) is 20.6. The number of fused-ring (bicyclic) bond motifs is 1. The average Bonchev–Trinajstić information content (AvgIpc) is 2.94. The topological polar surface area (TPSA) is 82.8 Å². The number of benzene rings is 4. The normalized spacial score (nSPS) is 11.1. The number of aromatic nitrogens is 2. The maximum Gasteiger partial charge on any atom is 0.343 e. The molecule has 0 aliphatic carbocycles. The second kappa shape index (κ2) is 10.8. The first-order chi connectivity index (χ1) is 18.4. The van der Waals surface area contributed by atoms with Crippen molar-refractivity contribution in [2.75, 3.05) is 7.11 Å². The molecule has 0 atom stereocenters. The predicted octanol–water partition coefficient (Wildman–Crippen LogP) is 6.24. The van der Waals surface area contributed by atoms with Crippen molar-refractivity contribution in [2.45, 2.75) is 6.92 Å². The molecule has 0 bridgehead atoms. The number of hydrogen-bond donors (Lipinski definition) is 0. The molecule has 0 unspecified atom stereocenters. The number of hydrogen-bond acceptors (Lipinski definition) is 6. The van der Waals surface area contributed by atoms with Crippen molar-refractivity contribution in [3.63, 3.8) is 0 Å². The minimum Gasteiger partial charge on any atom is -0.493 e. The molecule has 5 aromatic rings. The highest BCUT2D eigenvalue weighted by molar-refractivity contribution is 9.10. The second-order valence-corrected chi connectivity index (χ2v) is 9.40. The van der Waals surface area contributed by atoms with Crippen LogP contribution in [0.5, 0.6) is 11.5 Å². The van der Waals surface area contributed by atoms with Crippen LogP contribution in [0.3, 0.4) is 0 Å². The van der Waals surface area contributed by atoms with Crippen LogP contribution >= 0.6 is 15.9 Å². The zero-order valence-corrected chi connectivity index (χ0v) is 22.2. The number of rotatable bonds is 6. The Morgan fingerprint density at radius 1 is 0.947 bits per heavy atom. The van der Waals surface area contributed by atoms with Gasteiger partial charge in [0.25, 0.3) is 5.56 Å². The molecular weight excluding hydrogens is 546 g/mol. The van der Waals surface area contributed by atoms with Gasteiger partial charge in [0.2, 0.25) is 0 Å². The fraction of sp³-hybridized carbons (Fsp3) is 0.0667. The Morgan fingerprint density at radius 3 is 2.42 bits per heavy atom. The zero-order chi connectivity index (χ0) is 26.6. The van der Waals surface area contributed by atoms with E-state index in [1.165, 1.54) is 18.0 Å². The van der Waals surface area contributed by atoms with Crippen molar-refractivity contribution < 1.29 is 14.3 Å². The summed E-state index contributed by atoms with van der Waals surface area (Å²) in [5.41, 5.74) is 3.16. The first-order valence-electron chi connectivity index (χ1n) is 11.7. The summed E-state index contributed by atoms with van der Waals surface area (Å²) in [4.78, 5) is 30.7. The first-order valence-corrected chi connectivity index (χ1v) is 12.5. The van der Waals surface area contributed by atoms with Crippen molar-refractivity contribution >= 4 is 39.0 Å². The molecule has 38 heavy (non-hydrogen) atoms. The third-order valence-electron chi connectivity index (χ3n) is 5.86. The largest absolute Gasteiger partial charge is 0.493 e. The van der Waals surface area contributed by atoms with Crippen molar-refractivity contribution in [1.82, 2.24) is 9.66 Å². The molecule has 8 heteroatoms. The predicted molar refractivity (Wildman–Crippen MR) is 151 cm³/mol. The van der Waals surface area contributed by atoms with E-state index in [4.69, 9.17) is 14.5 Å². The molecule has 0 spiro atoms. The van der Waals surface area contributed by atoms with Gasteiger partial charge < -0.3 is 9.47 Å². The summed E-state index contributed by atoms with van der Waals surface area (Å²) in [5, 5.41) is 4.95. The van der Waals surface area contributed by atoms with Gasteiger partial charge in [-0.25, -0.2) is 9.78 Å². The highest BCUT2D eigenvalue weighted by atomic mass is 79.9. The van der Waals surface area contributed by atoms with Crippen LogP contribution < -0.4 is 15.0 Å². The Labute approximate surface area is 227 Å². The first kappa shape index (κ1) is 25.1. The number of aryl methyl sites for hydroxylation is 1. The van der Waals surface area contributed by atoms with Crippen LogP contribution in [0.4, 0.5) is 0 Å². The van der Waals surface area contributed by atoms with Crippen LogP contribution in [0.15, 0.2) is 105 Å². The van der Waals surface area contributed by atoms with E-state index in [0.717, 1.165) is 15.6 Å². The lowest BCUT2D eigenvalue weighted by molar-refractivity contribution is 0.0729. The molecule has 0 aliphatic rings. The monoisotopic (exact) mass is 567 g/mol. The summed E-state index contributed by atoms with van der Waals surface area (Å²) in [6.07, 6.45) is 1.54. The Morgan fingerprint density at radius 2 is 1.68 bits per heavy atom. The summed E-state index contributed by atoms with van der Waals surface area (Å²) in [6.45, 7) is 1.95. The lowest BCUT2D eigenvalue weighted by Gasteiger charge is -2.11. The number of carbonyl (C=O) groups excluding carboxylic acids is 1. The summed E-state index contributed by atoms with van der Waals surface area (Å²) in [6, 6.07) is 26.8. The SMILES string of the molecule is COc1cc(C=Nn2c(-c3ccc(Br)cc3)nc3ccccc3c2=O)ccc1OC(=O)c1ccc(C)cc1. The van der Waals surface area contributed by atoms with Crippen molar-refractivity contribution in [2.24, 2.45) is 5.10 Å². The van der Waals surface area contributed by atoms with Crippen molar-refractivity contribution in [3.05, 3.63) is 123 Å². The third kappa shape index (κ3) is 5.26. The molecule has 5 rings (SSSR count). The Balaban J connectivity index is 1.50. The highest BCUT2D eigenvalue weighted by Gasteiger charge is 2.14. The quantitative estimate of drug-likeness (QED) is 0.138. The Bertz CT molecular complexity index is 1730. The van der Waals surface area contributed by atoms with Crippen LogP contribution in [0.1, 0.15) is 21.5 Å². The fourth-order valence-corrected chi connectivity index (χ4v) is 4.10. The van der Waals surface area contributed by atoms with Crippen LogP contribution in [0.2, 0.25) is 0 Å². The molecule has 0 N–H and O–H groups in total. The van der Waals surface area contributed by atoms with Gasteiger partial charge >= 0.3 is 5.97 Å². The van der Waals surface area contributed by atoms with E-state index in [-0.39, 0.29) is 11.3 Å². The summed E-state index contributed by atoms with van der Waals surface area (Å²) in [5.74, 6) is 0.549. The lowest BCUT2D eigenvalue weighted by Crippen LogP contribution is -2.20. The van der Waals surface area contributed by atoms with Gasteiger partial charge in [0, 0.05) is 10.0 Å². The van der Waals surface area contributed by atoms with E-state index < -0.39 is 5.97 Å². The lowest BCUT2D eigenvalue weighted by atomic mass is 10.1. The van der Waals surface area contributed by atoms with Gasteiger partial charge in [0.05, 0.1) is 29.8 Å². The maximum absolute atomic E-state index is 13.4. The minimum atomic E-state index is -0.488. The van der Waals surface area contributed by atoms with E-state index in [1.807, 2.05) is 49.4 Å². The number of nitrogens with zero attached hydrogens (tertiary/aromatic N) is 3. The van der Waals surface area contributed by atoms with Gasteiger partial charge in [-0.2, -0.15) is 9.78 Å². The average molecular weight is 568 g/mol. The van der Waals surface area contributed by atoms with Gasteiger partial charge in [-0.15, -0.1) is 0 Å².